The maximum atomic E-state index is 9.10. The van der Waals surface area contributed by atoms with E-state index in [1.54, 1.807) is 6.92 Å². The van der Waals surface area contributed by atoms with Crippen LogP contribution in [0.5, 0.6) is 0 Å². The normalized spacial score (nSPS) is 24.7. The van der Waals surface area contributed by atoms with Gasteiger partial charge in [0.25, 0.3) is 0 Å². The van der Waals surface area contributed by atoms with E-state index in [9.17, 15) is 0 Å². The first kappa shape index (κ1) is 6.62. The quantitative estimate of drug-likeness (QED) is 0.576. The largest absolute Gasteiger partial charge is 0.493 e. The van der Waals surface area contributed by atoms with Crippen molar-refractivity contribution in [3.63, 3.8) is 0 Å². The van der Waals surface area contributed by atoms with Gasteiger partial charge in [-0.2, -0.15) is 0 Å². The van der Waals surface area contributed by atoms with Crippen molar-refractivity contribution < 1.29 is 9.84 Å². The summed E-state index contributed by atoms with van der Waals surface area (Å²) in [5.74, 6) is 0. The second-order valence-corrected chi connectivity index (χ2v) is 2.53. The minimum Gasteiger partial charge on any atom is -0.493 e. The standard InChI is InChI=1S/C7H12O2/c1-3-9-7(4-5-7)6(2)8/h3,6,8H,1,4-5H2,2H3. The average molecular weight is 128 g/mol. The third-order valence-electron chi connectivity index (χ3n) is 1.82. The first-order valence-electron chi connectivity index (χ1n) is 3.18. The lowest BCUT2D eigenvalue weighted by Gasteiger charge is -2.17. The van der Waals surface area contributed by atoms with Crippen molar-refractivity contribution in [2.45, 2.75) is 31.5 Å². The van der Waals surface area contributed by atoms with Gasteiger partial charge in [0.2, 0.25) is 0 Å². The second-order valence-electron chi connectivity index (χ2n) is 2.53. The molecule has 0 spiro atoms. The Morgan fingerprint density at radius 3 is 2.44 bits per heavy atom. The fourth-order valence-corrected chi connectivity index (χ4v) is 0.923. The monoisotopic (exact) mass is 128 g/mol. The van der Waals surface area contributed by atoms with Gasteiger partial charge >= 0.3 is 0 Å². The van der Waals surface area contributed by atoms with Gasteiger partial charge in [0, 0.05) is 0 Å². The van der Waals surface area contributed by atoms with Crippen LogP contribution < -0.4 is 0 Å². The van der Waals surface area contributed by atoms with E-state index in [4.69, 9.17) is 9.84 Å². The van der Waals surface area contributed by atoms with Gasteiger partial charge in [0.15, 0.2) is 0 Å². The van der Waals surface area contributed by atoms with E-state index in [0.717, 1.165) is 12.8 Å². The Balaban J connectivity index is 2.42. The van der Waals surface area contributed by atoms with Gasteiger partial charge in [0.1, 0.15) is 5.60 Å². The molecule has 9 heavy (non-hydrogen) atoms. The summed E-state index contributed by atoms with van der Waals surface area (Å²) in [7, 11) is 0. The summed E-state index contributed by atoms with van der Waals surface area (Å²) in [6, 6.07) is 0. The molecule has 1 atom stereocenters. The van der Waals surface area contributed by atoms with Gasteiger partial charge in [-0.25, -0.2) is 0 Å². The summed E-state index contributed by atoms with van der Waals surface area (Å²) in [4.78, 5) is 0. The van der Waals surface area contributed by atoms with Crippen LogP contribution in [0.2, 0.25) is 0 Å². The van der Waals surface area contributed by atoms with E-state index in [2.05, 4.69) is 6.58 Å². The van der Waals surface area contributed by atoms with E-state index in [0.29, 0.717) is 0 Å². The lowest BCUT2D eigenvalue weighted by atomic mass is 10.2. The number of rotatable bonds is 3. The second kappa shape index (κ2) is 2.03. The van der Waals surface area contributed by atoms with Crippen LogP contribution in [-0.4, -0.2) is 16.8 Å². The number of ether oxygens (including phenoxy) is 1. The topological polar surface area (TPSA) is 29.5 Å². The summed E-state index contributed by atoms with van der Waals surface area (Å²) < 4.78 is 5.12. The fourth-order valence-electron chi connectivity index (χ4n) is 0.923. The number of aliphatic hydroxyl groups is 1. The molecule has 1 fully saturated rings. The highest BCUT2D eigenvalue weighted by atomic mass is 16.5. The minimum absolute atomic E-state index is 0.262. The average Bonchev–Trinajstić information content (AvgIpc) is 2.49. The zero-order valence-corrected chi connectivity index (χ0v) is 5.63. The first-order chi connectivity index (χ1) is 4.21. The Kier molecular flexibility index (Phi) is 1.49. The molecule has 0 heterocycles. The molecule has 1 aliphatic carbocycles. The summed E-state index contributed by atoms with van der Waals surface area (Å²) in [6.07, 6.45) is 2.95. The zero-order chi connectivity index (χ0) is 6.91. The Bertz CT molecular complexity index is 114. The zero-order valence-electron chi connectivity index (χ0n) is 5.63. The number of hydrogen-bond acceptors (Lipinski definition) is 2. The van der Waals surface area contributed by atoms with Gasteiger partial charge in [-0.1, -0.05) is 6.58 Å². The van der Waals surface area contributed by atoms with Gasteiger partial charge in [-0.05, 0) is 19.8 Å². The summed E-state index contributed by atoms with van der Waals surface area (Å²) in [5, 5.41) is 9.10. The van der Waals surface area contributed by atoms with Gasteiger partial charge in [0.05, 0.1) is 12.4 Å². The van der Waals surface area contributed by atoms with E-state index in [1.807, 2.05) is 0 Å². The third kappa shape index (κ3) is 1.08. The van der Waals surface area contributed by atoms with Crippen molar-refractivity contribution in [2.24, 2.45) is 0 Å². The highest BCUT2D eigenvalue weighted by Crippen LogP contribution is 2.42. The SMILES string of the molecule is C=COC1(C(C)O)CC1. The molecule has 1 saturated carbocycles. The lowest BCUT2D eigenvalue weighted by molar-refractivity contribution is 0.000127. The van der Waals surface area contributed by atoms with Crippen LogP contribution in [-0.2, 0) is 4.74 Å². The molecule has 0 aromatic rings. The maximum absolute atomic E-state index is 9.10. The van der Waals surface area contributed by atoms with Crippen molar-refractivity contribution >= 4 is 0 Å². The minimum atomic E-state index is -0.365. The molecule has 0 bridgehead atoms. The van der Waals surface area contributed by atoms with E-state index in [-0.39, 0.29) is 11.7 Å². The van der Waals surface area contributed by atoms with E-state index >= 15 is 0 Å². The van der Waals surface area contributed by atoms with Crippen LogP contribution in [0.15, 0.2) is 12.8 Å². The Labute approximate surface area is 55.1 Å². The first-order valence-corrected chi connectivity index (χ1v) is 3.18. The molecular weight excluding hydrogens is 116 g/mol. The van der Waals surface area contributed by atoms with Crippen molar-refractivity contribution in [3.05, 3.63) is 12.8 Å². The molecule has 0 aromatic carbocycles. The molecule has 0 amide bonds. The van der Waals surface area contributed by atoms with Crippen LogP contribution in [0, 0.1) is 0 Å². The Morgan fingerprint density at radius 1 is 1.78 bits per heavy atom. The van der Waals surface area contributed by atoms with Crippen molar-refractivity contribution in [2.75, 3.05) is 0 Å². The number of hydrogen-bond donors (Lipinski definition) is 1. The molecule has 0 saturated heterocycles. The molecule has 1 unspecified atom stereocenters. The Hall–Kier alpha value is -0.500. The third-order valence-corrected chi connectivity index (χ3v) is 1.82. The Morgan fingerprint density at radius 2 is 2.33 bits per heavy atom. The lowest BCUT2D eigenvalue weighted by Crippen LogP contribution is -2.26. The molecule has 1 N–H and O–H groups in total. The highest BCUT2D eigenvalue weighted by molar-refractivity contribution is 5.01. The molecule has 0 aromatic heterocycles. The predicted molar refractivity (Wildman–Crippen MR) is 34.9 cm³/mol. The fraction of sp³-hybridized carbons (Fsp3) is 0.714. The molecule has 0 radical (unpaired) electrons. The van der Waals surface area contributed by atoms with Crippen molar-refractivity contribution in [3.8, 4) is 0 Å². The van der Waals surface area contributed by atoms with Crippen LogP contribution in [0.4, 0.5) is 0 Å². The van der Waals surface area contributed by atoms with Gasteiger partial charge in [-0.15, -0.1) is 0 Å². The van der Waals surface area contributed by atoms with Crippen LogP contribution in [0.25, 0.3) is 0 Å². The molecule has 2 nitrogen and oxygen atoms in total. The maximum Gasteiger partial charge on any atom is 0.134 e. The molecule has 52 valence electrons. The molecule has 1 aliphatic rings. The summed E-state index contributed by atoms with van der Waals surface area (Å²) in [5.41, 5.74) is -0.262. The predicted octanol–water partition coefficient (Wildman–Crippen LogP) is 1.06. The summed E-state index contributed by atoms with van der Waals surface area (Å²) >= 11 is 0. The molecule has 2 heteroatoms. The van der Waals surface area contributed by atoms with Crippen LogP contribution in [0.3, 0.4) is 0 Å². The van der Waals surface area contributed by atoms with Gasteiger partial charge < -0.3 is 9.84 Å². The smallest absolute Gasteiger partial charge is 0.134 e. The van der Waals surface area contributed by atoms with Crippen molar-refractivity contribution in [1.82, 2.24) is 0 Å². The molecule has 1 rings (SSSR count). The van der Waals surface area contributed by atoms with Crippen LogP contribution in [0.1, 0.15) is 19.8 Å². The van der Waals surface area contributed by atoms with Crippen LogP contribution >= 0.6 is 0 Å². The van der Waals surface area contributed by atoms with E-state index < -0.39 is 0 Å². The molecule has 0 aliphatic heterocycles. The van der Waals surface area contributed by atoms with Gasteiger partial charge in [-0.3, -0.25) is 0 Å². The van der Waals surface area contributed by atoms with E-state index in [1.165, 1.54) is 6.26 Å². The molecular formula is C7H12O2. The number of aliphatic hydroxyl groups excluding tert-OH is 1. The highest BCUT2D eigenvalue weighted by Gasteiger charge is 2.48. The van der Waals surface area contributed by atoms with Crippen molar-refractivity contribution in [1.29, 1.82) is 0 Å². The summed E-state index contributed by atoms with van der Waals surface area (Å²) in [6.45, 7) is 5.18.